The maximum absolute atomic E-state index is 12.6. The molecule has 0 bridgehead atoms. The van der Waals surface area contributed by atoms with Crippen LogP contribution in [0.15, 0.2) is 36.7 Å². The lowest BCUT2D eigenvalue weighted by atomic mass is 9.98. The second-order valence-corrected chi connectivity index (χ2v) is 8.08. The van der Waals surface area contributed by atoms with E-state index >= 15 is 0 Å². The lowest BCUT2D eigenvalue weighted by Crippen LogP contribution is -2.41. The molecule has 29 heavy (non-hydrogen) atoms. The topological polar surface area (TPSA) is 74.5 Å². The van der Waals surface area contributed by atoms with E-state index in [2.05, 4.69) is 40.1 Å². The largest absolute Gasteiger partial charge is 0.394 e. The average molecular weight is 396 g/mol. The maximum Gasteiger partial charge on any atom is 0.237 e. The summed E-state index contributed by atoms with van der Waals surface area (Å²) < 4.78 is 1.64. The van der Waals surface area contributed by atoms with E-state index in [0.717, 1.165) is 31.6 Å². The van der Waals surface area contributed by atoms with Gasteiger partial charge in [-0.25, -0.2) is 4.98 Å². The van der Waals surface area contributed by atoms with E-state index in [1.807, 2.05) is 17.0 Å². The normalized spacial score (nSPS) is 20.1. The standard InChI is InChI=1S/C22H29N5O2/c1-17-6-9-25(14-17)15-21(29)26-10-7-19(8-11-26)18-2-4-20(5-3-18)22-23-16-27(24-22)12-13-28/h2-5,7,16-17,28H,6,8-15H2,1H3/t17-/m0/s1. The average Bonchev–Trinajstić information content (AvgIpc) is 3.37. The number of benzene rings is 1. The van der Waals surface area contributed by atoms with Gasteiger partial charge in [0.15, 0.2) is 5.82 Å². The number of nitrogens with zero attached hydrogens (tertiary/aromatic N) is 5. The summed E-state index contributed by atoms with van der Waals surface area (Å²) in [7, 11) is 0. The lowest BCUT2D eigenvalue weighted by Gasteiger charge is -2.28. The SMILES string of the molecule is C[C@H]1CCN(CC(=O)N2CC=C(c3ccc(-c4ncn(CCO)n4)cc3)CC2)C1. The van der Waals surface area contributed by atoms with Gasteiger partial charge in [-0.3, -0.25) is 14.4 Å². The van der Waals surface area contributed by atoms with Gasteiger partial charge in [0, 0.05) is 25.2 Å². The van der Waals surface area contributed by atoms with Crippen molar-refractivity contribution in [1.82, 2.24) is 24.6 Å². The van der Waals surface area contributed by atoms with Crippen molar-refractivity contribution in [3.8, 4) is 11.4 Å². The molecule has 0 aliphatic carbocycles. The minimum absolute atomic E-state index is 0.0482. The van der Waals surface area contributed by atoms with Gasteiger partial charge in [0.2, 0.25) is 5.91 Å². The molecule has 3 heterocycles. The van der Waals surface area contributed by atoms with Crippen molar-refractivity contribution in [2.45, 2.75) is 26.3 Å². The molecular weight excluding hydrogens is 366 g/mol. The Bertz CT molecular complexity index is 874. The van der Waals surface area contributed by atoms with E-state index in [-0.39, 0.29) is 12.5 Å². The Kier molecular flexibility index (Phi) is 6.06. The molecule has 154 valence electrons. The van der Waals surface area contributed by atoms with Gasteiger partial charge in [-0.05, 0) is 36.4 Å². The third kappa shape index (κ3) is 4.74. The van der Waals surface area contributed by atoms with Crippen molar-refractivity contribution < 1.29 is 9.90 Å². The van der Waals surface area contributed by atoms with Crippen LogP contribution in [0.25, 0.3) is 17.0 Å². The Morgan fingerprint density at radius 3 is 2.66 bits per heavy atom. The second-order valence-electron chi connectivity index (χ2n) is 8.08. The predicted molar refractivity (Wildman–Crippen MR) is 112 cm³/mol. The molecule has 0 spiro atoms. The molecule has 1 saturated heterocycles. The van der Waals surface area contributed by atoms with Crippen LogP contribution in [-0.2, 0) is 11.3 Å². The molecule has 7 nitrogen and oxygen atoms in total. The molecule has 2 aromatic rings. The lowest BCUT2D eigenvalue weighted by molar-refractivity contribution is -0.131. The summed E-state index contributed by atoms with van der Waals surface area (Å²) in [6, 6.07) is 8.25. The van der Waals surface area contributed by atoms with Crippen LogP contribution in [0.1, 0.15) is 25.3 Å². The number of hydrogen-bond acceptors (Lipinski definition) is 5. The first-order chi connectivity index (χ1) is 14.1. The summed E-state index contributed by atoms with van der Waals surface area (Å²) in [6.07, 6.45) is 5.89. The van der Waals surface area contributed by atoms with Crippen LogP contribution >= 0.6 is 0 Å². The quantitative estimate of drug-likeness (QED) is 0.809. The van der Waals surface area contributed by atoms with E-state index < -0.39 is 0 Å². The highest BCUT2D eigenvalue weighted by Crippen LogP contribution is 2.25. The fraction of sp³-hybridized carbons (Fsp3) is 0.500. The Morgan fingerprint density at radius 1 is 1.21 bits per heavy atom. The van der Waals surface area contributed by atoms with Crippen molar-refractivity contribution in [1.29, 1.82) is 0 Å². The van der Waals surface area contributed by atoms with Gasteiger partial charge in [-0.15, -0.1) is 0 Å². The van der Waals surface area contributed by atoms with Gasteiger partial charge < -0.3 is 10.0 Å². The highest BCUT2D eigenvalue weighted by atomic mass is 16.3. The monoisotopic (exact) mass is 395 g/mol. The minimum Gasteiger partial charge on any atom is -0.394 e. The zero-order chi connectivity index (χ0) is 20.2. The fourth-order valence-corrected chi connectivity index (χ4v) is 4.09. The van der Waals surface area contributed by atoms with Crippen LogP contribution in [0, 0.1) is 5.92 Å². The number of likely N-dealkylation sites (tertiary alicyclic amines) is 1. The van der Waals surface area contributed by atoms with E-state index in [0.29, 0.717) is 31.4 Å². The Morgan fingerprint density at radius 2 is 2.00 bits per heavy atom. The number of carbonyl (C=O) groups excluding carboxylic acids is 1. The van der Waals surface area contributed by atoms with Crippen LogP contribution in [0.4, 0.5) is 0 Å². The predicted octanol–water partition coefficient (Wildman–Crippen LogP) is 1.89. The highest BCUT2D eigenvalue weighted by molar-refractivity contribution is 5.80. The summed E-state index contributed by atoms with van der Waals surface area (Å²) in [4.78, 5) is 21.1. The number of hydrogen-bond donors (Lipinski definition) is 1. The Balaban J connectivity index is 1.35. The number of amides is 1. The highest BCUT2D eigenvalue weighted by Gasteiger charge is 2.24. The first kappa shape index (κ1) is 19.8. The van der Waals surface area contributed by atoms with Gasteiger partial charge >= 0.3 is 0 Å². The minimum atomic E-state index is 0.0482. The summed E-state index contributed by atoms with van der Waals surface area (Å²) in [5.41, 5.74) is 3.43. The van der Waals surface area contributed by atoms with E-state index in [1.165, 1.54) is 17.6 Å². The van der Waals surface area contributed by atoms with E-state index in [1.54, 1.807) is 11.0 Å². The number of aliphatic hydroxyl groups excluding tert-OH is 1. The summed E-state index contributed by atoms with van der Waals surface area (Å²) in [6.45, 7) is 6.86. The number of carbonyl (C=O) groups is 1. The molecule has 0 unspecified atom stereocenters. The smallest absolute Gasteiger partial charge is 0.237 e. The third-order valence-electron chi connectivity index (χ3n) is 5.81. The zero-order valence-corrected chi connectivity index (χ0v) is 17.0. The van der Waals surface area contributed by atoms with E-state index in [9.17, 15) is 4.79 Å². The molecule has 4 rings (SSSR count). The summed E-state index contributed by atoms with van der Waals surface area (Å²) >= 11 is 0. The van der Waals surface area contributed by atoms with Crippen LogP contribution in [-0.4, -0.2) is 74.9 Å². The molecule has 1 aromatic carbocycles. The third-order valence-corrected chi connectivity index (χ3v) is 5.81. The van der Waals surface area contributed by atoms with Crippen LogP contribution < -0.4 is 0 Å². The van der Waals surface area contributed by atoms with Crippen molar-refractivity contribution in [2.24, 2.45) is 5.92 Å². The molecule has 1 amide bonds. The summed E-state index contributed by atoms with van der Waals surface area (Å²) in [5, 5.41) is 13.4. The zero-order valence-electron chi connectivity index (χ0n) is 17.0. The second kappa shape index (κ2) is 8.88. The molecule has 1 N–H and O–H groups in total. The molecular formula is C22H29N5O2. The molecule has 1 atom stereocenters. The number of aliphatic hydroxyl groups is 1. The van der Waals surface area contributed by atoms with Crippen molar-refractivity contribution >= 4 is 11.5 Å². The fourth-order valence-electron chi connectivity index (χ4n) is 4.09. The van der Waals surface area contributed by atoms with Crippen LogP contribution in [0.3, 0.4) is 0 Å². The molecule has 7 heteroatoms. The molecule has 1 aromatic heterocycles. The summed E-state index contributed by atoms with van der Waals surface area (Å²) in [5.74, 6) is 1.61. The van der Waals surface area contributed by atoms with Gasteiger partial charge in [0.25, 0.3) is 0 Å². The van der Waals surface area contributed by atoms with Gasteiger partial charge in [0.05, 0.1) is 19.7 Å². The molecule has 1 fully saturated rings. The number of rotatable bonds is 6. The molecule has 2 aliphatic rings. The first-order valence-corrected chi connectivity index (χ1v) is 10.4. The van der Waals surface area contributed by atoms with Crippen LogP contribution in [0.2, 0.25) is 0 Å². The van der Waals surface area contributed by atoms with Gasteiger partial charge in [-0.1, -0.05) is 37.3 Å². The molecule has 0 radical (unpaired) electrons. The Labute approximate surface area is 171 Å². The first-order valence-electron chi connectivity index (χ1n) is 10.4. The van der Waals surface area contributed by atoms with E-state index in [4.69, 9.17) is 5.11 Å². The van der Waals surface area contributed by atoms with Crippen molar-refractivity contribution in [3.63, 3.8) is 0 Å². The van der Waals surface area contributed by atoms with Crippen molar-refractivity contribution in [2.75, 3.05) is 39.3 Å². The van der Waals surface area contributed by atoms with Crippen molar-refractivity contribution in [3.05, 3.63) is 42.2 Å². The maximum atomic E-state index is 12.6. The molecule has 0 saturated carbocycles. The van der Waals surface area contributed by atoms with Gasteiger partial charge in [-0.2, -0.15) is 5.10 Å². The Hall–Kier alpha value is -2.51. The molecule has 2 aliphatic heterocycles. The van der Waals surface area contributed by atoms with Gasteiger partial charge in [0.1, 0.15) is 6.33 Å². The number of aromatic nitrogens is 3. The van der Waals surface area contributed by atoms with Crippen LogP contribution in [0.5, 0.6) is 0 Å².